The van der Waals surface area contributed by atoms with Crippen LogP contribution in [0.5, 0.6) is 17.4 Å². The third-order valence-electron chi connectivity index (χ3n) is 6.93. The van der Waals surface area contributed by atoms with Crippen molar-refractivity contribution in [3.05, 3.63) is 59.7 Å². The van der Waals surface area contributed by atoms with Crippen molar-refractivity contribution in [2.75, 3.05) is 50.6 Å². The fourth-order valence-electron chi connectivity index (χ4n) is 4.96. The first-order valence-corrected chi connectivity index (χ1v) is 12.4. The molecule has 2 N–H and O–H groups in total. The number of anilines is 2. The highest BCUT2D eigenvalue weighted by Gasteiger charge is 2.28. The molecule has 5 rings (SSSR count). The number of H-pyrrole nitrogens is 1. The lowest BCUT2D eigenvalue weighted by molar-refractivity contribution is 0.102. The molecular formula is C27H33N5O4. The second-order valence-electron chi connectivity index (χ2n) is 9.26. The van der Waals surface area contributed by atoms with Gasteiger partial charge in [-0.05, 0) is 61.3 Å². The van der Waals surface area contributed by atoms with Crippen molar-refractivity contribution in [1.82, 2.24) is 15.1 Å². The van der Waals surface area contributed by atoms with E-state index in [2.05, 4.69) is 25.3 Å². The van der Waals surface area contributed by atoms with Gasteiger partial charge in [-0.3, -0.25) is 14.8 Å². The number of ether oxygens (including phenoxy) is 3. The standard InChI is InChI=1S/C27H33N5O4/c1-34-23-13-19(14-24(15-23)35-2)18-36-26-16-25(29-30-26)28-27(33)20-6-8-21(9-7-20)32-12-11-31-10-4-3-5-22(31)17-32/h6-9,13-16,22H,3-5,10-12,17-18H2,1-2H3,(H2,28,29,30,33). The summed E-state index contributed by atoms with van der Waals surface area (Å²) in [5, 5.41) is 9.80. The molecule has 9 nitrogen and oxygen atoms in total. The summed E-state index contributed by atoms with van der Waals surface area (Å²) < 4.78 is 16.4. The Hall–Kier alpha value is -3.72. The summed E-state index contributed by atoms with van der Waals surface area (Å²) >= 11 is 0. The lowest BCUT2D eigenvalue weighted by Crippen LogP contribution is -2.54. The molecule has 1 amide bonds. The Labute approximate surface area is 211 Å². The van der Waals surface area contributed by atoms with Crippen LogP contribution in [0.3, 0.4) is 0 Å². The molecule has 190 valence electrons. The van der Waals surface area contributed by atoms with Crippen LogP contribution in [-0.2, 0) is 6.61 Å². The molecule has 2 saturated heterocycles. The van der Waals surface area contributed by atoms with E-state index in [1.165, 1.54) is 31.5 Å². The fraction of sp³-hybridized carbons (Fsp3) is 0.407. The molecule has 0 radical (unpaired) electrons. The van der Waals surface area contributed by atoms with E-state index in [-0.39, 0.29) is 12.5 Å². The van der Waals surface area contributed by atoms with Crippen LogP contribution in [0.25, 0.3) is 0 Å². The van der Waals surface area contributed by atoms with Crippen LogP contribution in [0.4, 0.5) is 11.5 Å². The predicted octanol–water partition coefficient (Wildman–Crippen LogP) is 3.93. The zero-order valence-corrected chi connectivity index (χ0v) is 20.8. The number of hydrogen-bond donors (Lipinski definition) is 2. The number of methoxy groups -OCH3 is 2. The van der Waals surface area contributed by atoms with Gasteiger partial charge in [-0.1, -0.05) is 6.42 Å². The fourth-order valence-corrected chi connectivity index (χ4v) is 4.96. The Morgan fingerprint density at radius 2 is 1.81 bits per heavy atom. The van der Waals surface area contributed by atoms with Crippen LogP contribution < -0.4 is 24.4 Å². The molecule has 0 bridgehead atoms. The van der Waals surface area contributed by atoms with E-state index in [1.807, 2.05) is 36.4 Å². The molecule has 3 heterocycles. The number of carbonyl (C=O) groups excluding carboxylic acids is 1. The van der Waals surface area contributed by atoms with Gasteiger partial charge >= 0.3 is 0 Å². The third kappa shape index (κ3) is 5.57. The maximum atomic E-state index is 12.8. The van der Waals surface area contributed by atoms with Gasteiger partial charge in [0.15, 0.2) is 0 Å². The summed E-state index contributed by atoms with van der Waals surface area (Å²) in [6.07, 6.45) is 3.92. The Morgan fingerprint density at radius 3 is 2.56 bits per heavy atom. The maximum absolute atomic E-state index is 12.8. The van der Waals surface area contributed by atoms with E-state index in [0.717, 1.165) is 25.2 Å². The molecule has 2 aliphatic heterocycles. The van der Waals surface area contributed by atoms with Crippen LogP contribution >= 0.6 is 0 Å². The first kappa shape index (κ1) is 24.0. The molecule has 2 aromatic carbocycles. The van der Waals surface area contributed by atoms with Gasteiger partial charge in [-0.25, -0.2) is 0 Å². The number of nitrogens with one attached hydrogen (secondary N) is 2. The first-order valence-electron chi connectivity index (χ1n) is 12.4. The van der Waals surface area contributed by atoms with Crippen molar-refractivity contribution >= 4 is 17.4 Å². The van der Waals surface area contributed by atoms with Crippen LogP contribution in [0.2, 0.25) is 0 Å². The van der Waals surface area contributed by atoms with Crippen molar-refractivity contribution in [2.24, 2.45) is 0 Å². The highest BCUT2D eigenvalue weighted by atomic mass is 16.5. The molecule has 0 aliphatic carbocycles. The summed E-state index contributed by atoms with van der Waals surface area (Å²) in [4.78, 5) is 17.8. The van der Waals surface area contributed by atoms with E-state index in [1.54, 1.807) is 26.4 Å². The van der Waals surface area contributed by atoms with Crippen molar-refractivity contribution in [3.8, 4) is 17.4 Å². The minimum absolute atomic E-state index is 0.202. The molecule has 1 aromatic heterocycles. The lowest BCUT2D eigenvalue weighted by Gasteiger charge is -2.45. The molecular weight excluding hydrogens is 458 g/mol. The molecule has 1 atom stereocenters. The molecule has 9 heteroatoms. The van der Waals surface area contributed by atoms with E-state index < -0.39 is 0 Å². The second-order valence-corrected chi connectivity index (χ2v) is 9.26. The normalized spacial score (nSPS) is 17.8. The number of rotatable bonds is 8. The first-order chi connectivity index (χ1) is 17.6. The Kier molecular flexibility index (Phi) is 7.27. The van der Waals surface area contributed by atoms with Gasteiger partial charge in [-0.2, -0.15) is 0 Å². The summed E-state index contributed by atoms with van der Waals surface area (Å²) in [7, 11) is 3.21. The van der Waals surface area contributed by atoms with Crippen molar-refractivity contribution < 1.29 is 19.0 Å². The number of fused-ring (bicyclic) bond motifs is 1. The average molecular weight is 492 g/mol. The quantitative estimate of drug-likeness (QED) is 0.493. The van der Waals surface area contributed by atoms with Gasteiger partial charge in [0.05, 0.1) is 14.2 Å². The number of amides is 1. The van der Waals surface area contributed by atoms with Crippen molar-refractivity contribution in [1.29, 1.82) is 0 Å². The molecule has 0 spiro atoms. The average Bonchev–Trinajstić information content (AvgIpc) is 3.38. The maximum Gasteiger partial charge on any atom is 0.256 e. The summed E-state index contributed by atoms with van der Waals surface area (Å²) in [6, 6.07) is 15.7. The number of aromatic amines is 1. The second kappa shape index (κ2) is 10.9. The van der Waals surface area contributed by atoms with E-state index in [4.69, 9.17) is 14.2 Å². The number of piperidine rings is 1. The smallest absolute Gasteiger partial charge is 0.256 e. The highest BCUT2D eigenvalue weighted by molar-refractivity contribution is 6.04. The van der Waals surface area contributed by atoms with Gasteiger partial charge in [0.1, 0.15) is 23.9 Å². The zero-order chi connectivity index (χ0) is 24.9. The Balaban J connectivity index is 1.15. The molecule has 1 unspecified atom stereocenters. The number of hydrogen-bond acceptors (Lipinski definition) is 7. The van der Waals surface area contributed by atoms with Gasteiger partial charge < -0.3 is 24.4 Å². The largest absolute Gasteiger partial charge is 0.497 e. The van der Waals surface area contributed by atoms with E-state index in [0.29, 0.717) is 34.8 Å². The number of benzene rings is 2. The number of carbonyl (C=O) groups is 1. The summed E-state index contributed by atoms with van der Waals surface area (Å²) in [5.74, 6) is 2.02. The Bertz CT molecular complexity index is 1160. The molecule has 3 aromatic rings. The summed E-state index contributed by atoms with van der Waals surface area (Å²) in [6.45, 7) is 4.71. The van der Waals surface area contributed by atoms with Gasteiger partial charge in [0, 0.05) is 49.1 Å². The van der Waals surface area contributed by atoms with Crippen LogP contribution in [0.1, 0.15) is 35.2 Å². The SMILES string of the molecule is COc1cc(COc2cc(NC(=O)c3ccc(N4CCN5CCCCC5C4)cc3)[nH]n2)cc(OC)c1. The summed E-state index contributed by atoms with van der Waals surface area (Å²) in [5.41, 5.74) is 2.64. The molecule has 2 aliphatic rings. The zero-order valence-electron chi connectivity index (χ0n) is 20.8. The van der Waals surface area contributed by atoms with Crippen molar-refractivity contribution in [3.63, 3.8) is 0 Å². The minimum atomic E-state index is -0.202. The number of aromatic nitrogens is 2. The number of nitrogens with zero attached hydrogens (tertiary/aromatic N) is 3. The van der Waals surface area contributed by atoms with Crippen LogP contribution in [0.15, 0.2) is 48.5 Å². The van der Waals surface area contributed by atoms with Crippen LogP contribution in [-0.4, -0.2) is 67.4 Å². The third-order valence-corrected chi connectivity index (χ3v) is 6.93. The van der Waals surface area contributed by atoms with Crippen LogP contribution in [0, 0.1) is 0 Å². The van der Waals surface area contributed by atoms with E-state index >= 15 is 0 Å². The molecule has 36 heavy (non-hydrogen) atoms. The molecule has 0 saturated carbocycles. The topological polar surface area (TPSA) is 92.0 Å². The van der Waals surface area contributed by atoms with Gasteiger partial charge in [0.2, 0.25) is 5.88 Å². The highest BCUT2D eigenvalue weighted by Crippen LogP contribution is 2.26. The van der Waals surface area contributed by atoms with Gasteiger partial charge in [0.25, 0.3) is 5.91 Å². The molecule has 2 fully saturated rings. The lowest BCUT2D eigenvalue weighted by atomic mass is 9.99. The monoisotopic (exact) mass is 491 g/mol. The van der Waals surface area contributed by atoms with Crippen molar-refractivity contribution in [2.45, 2.75) is 31.9 Å². The van der Waals surface area contributed by atoms with Gasteiger partial charge in [-0.15, -0.1) is 5.10 Å². The number of piperazine rings is 1. The minimum Gasteiger partial charge on any atom is -0.497 e. The van der Waals surface area contributed by atoms with E-state index in [9.17, 15) is 4.79 Å². The Morgan fingerprint density at radius 1 is 1.03 bits per heavy atom. The predicted molar refractivity (Wildman–Crippen MR) is 138 cm³/mol.